The second kappa shape index (κ2) is 8.58. The first kappa shape index (κ1) is 17.4. The summed E-state index contributed by atoms with van der Waals surface area (Å²) in [6.45, 7) is 3.67. The van der Waals surface area contributed by atoms with E-state index >= 15 is 0 Å². The molecule has 1 saturated heterocycles. The summed E-state index contributed by atoms with van der Waals surface area (Å²) in [6.07, 6.45) is 4.64. The summed E-state index contributed by atoms with van der Waals surface area (Å²) >= 11 is 0. The summed E-state index contributed by atoms with van der Waals surface area (Å²) in [5.41, 5.74) is 1.49. The van der Waals surface area contributed by atoms with Gasteiger partial charge in [0.15, 0.2) is 5.82 Å². The third kappa shape index (κ3) is 5.26. The lowest BCUT2D eigenvalue weighted by atomic mass is 10.1. The number of nitrogens with zero attached hydrogens (tertiary/aromatic N) is 2. The van der Waals surface area contributed by atoms with E-state index in [2.05, 4.69) is 44.8 Å². The SMILES string of the molecule is O=C(NC[C@H]1CCN(CCc2ccccc2)C1)Nc1ccncc1F. The smallest absolute Gasteiger partial charge is 0.319 e. The fourth-order valence-electron chi connectivity index (χ4n) is 3.09. The number of likely N-dealkylation sites (tertiary alicyclic amines) is 1. The minimum Gasteiger partial charge on any atom is -0.338 e. The highest BCUT2D eigenvalue weighted by molar-refractivity contribution is 5.89. The maximum atomic E-state index is 13.5. The fourth-order valence-corrected chi connectivity index (χ4v) is 3.09. The second-order valence-electron chi connectivity index (χ2n) is 6.38. The van der Waals surface area contributed by atoms with Crippen LogP contribution in [-0.2, 0) is 6.42 Å². The Balaban J connectivity index is 1.37. The first-order chi connectivity index (χ1) is 12.2. The molecule has 0 aliphatic carbocycles. The minimum absolute atomic E-state index is 0.142. The van der Waals surface area contributed by atoms with E-state index in [-0.39, 0.29) is 11.7 Å². The number of carbonyl (C=O) groups excluding carboxylic acids is 1. The molecule has 1 aliphatic rings. The Morgan fingerprint density at radius 3 is 2.92 bits per heavy atom. The summed E-state index contributed by atoms with van der Waals surface area (Å²) in [6, 6.07) is 11.5. The van der Waals surface area contributed by atoms with Gasteiger partial charge in [0.05, 0.1) is 11.9 Å². The first-order valence-corrected chi connectivity index (χ1v) is 8.61. The monoisotopic (exact) mass is 342 g/mol. The van der Waals surface area contributed by atoms with Crippen molar-refractivity contribution in [2.45, 2.75) is 12.8 Å². The summed E-state index contributed by atoms with van der Waals surface area (Å²) in [7, 11) is 0. The lowest BCUT2D eigenvalue weighted by Crippen LogP contribution is -2.34. The summed E-state index contributed by atoms with van der Waals surface area (Å²) in [4.78, 5) is 18.0. The van der Waals surface area contributed by atoms with Crippen LogP contribution in [0.1, 0.15) is 12.0 Å². The van der Waals surface area contributed by atoms with Crippen LogP contribution < -0.4 is 10.6 Å². The molecule has 0 spiro atoms. The van der Waals surface area contributed by atoms with Crippen LogP contribution in [0.2, 0.25) is 0 Å². The number of halogens is 1. The fraction of sp³-hybridized carbons (Fsp3) is 0.368. The number of rotatable bonds is 6. The Morgan fingerprint density at radius 1 is 1.28 bits per heavy atom. The van der Waals surface area contributed by atoms with Crippen molar-refractivity contribution >= 4 is 11.7 Å². The number of hydrogen-bond acceptors (Lipinski definition) is 3. The number of aromatic nitrogens is 1. The van der Waals surface area contributed by atoms with Crippen LogP contribution in [0.3, 0.4) is 0 Å². The maximum absolute atomic E-state index is 13.5. The number of anilines is 1. The largest absolute Gasteiger partial charge is 0.338 e. The van der Waals surface area contributed by atoms with Crippen molar-refractivity contribution in [2.24, 2.45) is 5.92 Å². The van der Waals surface area contributed by atoms with Crippen molar-refractivity contribution in [1.82, 2.24) is 15.2 Å². The molecule has 2 N–H and O–H groups in total. The van der Waals surface area contributed by atoms with E-state index in [9.17, 15) is 9.18 Å². The number of hydrogen-bond donors (Lipinski definition) is 2. The molecular weight excluding hydrogens is 319 g/mol. The van der Waals surface area contributed by atoms with Gasteiger partial charge in [-0.2, -0.15) is 0 Å². The molecule has 0 unspecified atom stereocenters. The van der Waals surface area contributed by atoms with Crippen LogP contribution in [0.25, 0.3) is 0 Å². The molecule has 1 aromatic carbocycles. The molecule has 6 heteroatoms. The summed E-state index contributed by atoms with van der Waals surface area (Å²) in [5.74, 6) is -0.102. The number of urea groups is 1. The minimum atomic E-state index is -0.536. The molecule has 2 amide bonds. The zero-order chi connectivity index (χ0) is 17.5. The summed E-state index contributed by atoms with van der Waals surface area (Å²) in [5, 5.41) is 5.34. The van der Waals surface area contributed by atoms with Gasteiger partial charge in [-0.15, -0.1) is 0 Å². The van der Waals surface area contributed by atoms with Crippen molar-refractivity contribution < 1.29 is 9.18 Å². The van der Waals surface area contributed by atoms with Crippen LogP contribution in [0, 0.1) is 11.7 Å². The van der Waals surface area contributed by atoms with Crippen LogP contribution in [0.15, 0.2) is 48.8 Å². The predicted molar refractivity (Wildman–Crippen MR) is 95.9 cm³/mol. The van der Waals surface area contributed by atoms with E-state index < -0.39 is 5.82 Å². The van der Waals surface area contributed by atoms with E-state index in [0.29, 0.717) is 12.5 Å². The molecule has 0 saturated carbocycles. The Morgan fingerprint density at radius 2 is 2.12 bits per heavy atom. The molecule has 2 aromatic rings. The highest BCUT2D eigenvalue weighted by atomic mass is 19.1. The Labute approximate surface area is 147 Å². The van der Waals surface area contributed by atoms with Gasteiger partial charge in [0.25, 0.3) is 0 Å². The van der Waals surface area contributed by atoms with E-state index in [0.717, 1.165) is 38.7 Å². The zero-order valence-corrected chi connectivity index (χ0v) is 14.1. The maximum Gasteiger partial charge on any atom is 0.319 e. The van der Waals surface area contributed by atoms with Crippen molar-refractivity contribution in [1.29, 1.82) is 0 Å². The van der Waals surface area contributed by atoms with Crippen molar-refractivity contribution in [3.05, 3.63) is 60.2 Å². The van der Waals surface area contributed by atoms with Crippen LogP contribution >= 0.6 is 0 Å². The molecule has 3 rings (SSSR count). The molecule has 1 atom stereocenters. The van der Waals surface area contributed by atoms with Gasteiger partial charge in [-0.05, 0) is 36.9 Å². The van der Waals surface area contributed by atoms with Crippen molar-refractivity contribution in [3.8, 4) is 0 Å². The Bertz CT molecular complexity index is 695. The lowest BCUT2D eigenvalue weighted by Gasteiger charge is -2.16. The van der Waals surface area contributed by atoms with Gasteiger partial charge in [-0.25, -0.2) is 9.18 Å². The number of nitrogens with one attached hydrogen (secondary N) is 2. The molecule has 1 aliphatic heterocycles. The predicted octanol–water partition coefficient (Wildman–Crippen LogP) is 2.91. The van der Waals surface area contributed by atoms with Gasteiger partial charge in [0.1, 0.15) is 0 Å². The van der Waals surface area contributed by atoms with Crippen LogP contribution in [0.5, 0.6) is 0 Å². The van der Waals surface area contributed by atoms with Crippen molar-refractivity contribution in [3.63, 3.8) is 0 Å². The Hall–Kier alpha value is -2.47. The van der Waals surface area contributed by atoms with Crippen molar-refractivity contribution in [2.75, 3.05) is 31.5 Å². The average molecular weight is 342 g/mol. The summed E-state index contributed by atoms with van der Waals surface area (Å²) < 4.78 is 13.5. The van der Waals surface area contributed by atoms with Gasteiger partial charge in [-0.1, -0.05) is 30.3 Å². The van der Waals surface area contributed by atoms with Crippen LogP contribution in [-0.4, -0.2) is 42.1 Å². The van der Waals surface area contributed by atoms with Gasteiger partial charge in [0, 0.05) is 25.8 Å². The third-order valence-electron chi connectivity index (χ3n) is 4.50. The van der Waals surface area contributed by atoms with E-state index in [1.807, 2.05) is 6.07 Å². The second-order valence-corrected chi connectivity index (χ2v) is 6.38. The van der Waals surface area contributed by atoms with Crippen LogP contribution in [0.4, 0.5) is 14.9 Å². The number of amides is 2. The van der Waals surface area contributed by atoms with Gasteiger partial charge < -0.3 is 15.5 Å². The molecule has 25 heavy (non-hydrogen) atoms. The third-order valence-corrected chi connectivity index (χ3v) is 4.50. The first-order valence-electron chi connectivity index (χ1n) is 8.61. The standard InChI is InChI=1S/C19H23FN4O/c20-17-13-21-9-6-18(17)23-19(25)22-12-16-8-11-24(14-16)10-7-15-4-2-1-3-5-15/h1-6,9,13,16H,7-8,10-12,14H2,(H2,21,22,23,25)/t16-/m1/s1. The molecule has 0 bridgehead atoms. The number of benzene rings is 1. The van der Waals surface area contributed by atoms with Gasteiger partial charge >= 0.3 is 6.03 Å². The number of carbonyl (C=O) groups is 1. The van der Waals surface area contributed by atoms with E-state index in [1.54, 1.807) is 0 Å². The van der Waals surface area contributed by atoms with E-state index in [1.165, 1.54) is 17.8 Å². The highest BCUT2D eigenvalue weighted by Gasteiger charge is 2.22. The molecule has 1 fully saturated rings. The topological polar surface area (TPSA) is 57.3 Å². The van der Waals surface area contributed by atoms with Gasteiger partial charge in [0.2, 0.25) is 0 Å². The zero-order valence-electron chi connectivity index (χ0n) is 14.1. The molecular formula is C19H23FN4O. The molecule has 2 heterocycles. The molecule has 1 aromatic heterocycles. The molecule has 132 valence electrons. The normalized spacial score (nSPS) is 17.4. The quantitative estimate of drug-likeness (QED) is 0.849. The molecule has 5 nitrogen and oxygen atoms in total. The average Bonchev–Trinajstić information content (AvgIpc) is 3.09. The number of pyridine rings is 1. The highest BCUT2D eigenvalue weighted by Crippen LogP contribution is 2.16. The lowest BCUT2D eigenvalue weighted by molar-refractivity contribution is 0.249. The van der Waals surface area contributed by atoms with E-state index in [4.69, 9.17) is 0 Å². The molecule has 0 radical (unpaired) electrons. The Kier molecular flexibility index (Phi) is 5.95. The van der Waals surface area contributed by atoms with Gasteiger partial charge in [-0.3, -0.25) is 4.98 Å².